The highest BCUT2D eigenvalue weighted by Crippen LogP contribution is 2.27. The second-order valence-electron chi connectivity index (χ2n) is 7.82. The fraction of sp³-hybridized carbons (Fsp3) is 0.318. The summed E-state index contributed by atoms with van der Waals surface area (Å²) < 4.78 is 24.1. The number of nitrogens with one attached hydrogen (secondary N) is 1. The summed E-state index contributed by atoms with van der Waals surface area (Å²) in [5.74, 6) is 1.70. The Morgan fingerprint density at radius 1 is 1.18 bits per heavy atom. The normalized spacial score (nSPS) is 16.6. The molecule has 1 N–H and O–H groups in total. The molecule has 1 fully saturated rings. The van der Waals surface area contributed by atoms with Crippen LogP contribution in [0, 0.1) is 11.7 Å². The average Bonchev–Trinajstić information content (AvgIpc) is 3.19. The number of amides is 1. The van der Waals surface area contributed by atoms with Crippen molar-refractivity contribution in [3.63, 3.8) is 0 Å². The van der Waals surface area contributed by atoms with Gasteiger partial charge in [0.05, 0.1) is 29.5 Å². The third-order valence-corrected chi connectivity index (χ3v) is 5.36. The summed E-state index contributed by atoms with van der Waals surface area (Å²) in [5, 5.41) is 3.10. The van der Waals surface area contributed by atoms with Gasteiger partial charge in [-0.05, 0) is 31.0 Å². The van der Waals surface area contributed by atoms with E-state index in [-0.39, 0.29) is 23.0 Å². The standard InChI is InChI=1S/C22H22ClFN6O3/c1-12(2)18-11-32-22(31)30(18)19-6-7-25-21(29-19)28-13(3)20-26-9-15(10-27-20)33-14-4-5-17(24)16(23)8-14/h4-10,12-13,18H,11H2,1-3H3,(H,25,28,29)/t13-,18?/m0/s1. The van der Waals surface area contributed by atoms with Crippen LogP contribution in [-0.4, -0.2) is 38.7 Å². The molecule has 0 saturated carbocycles. The molecule has 172 valence electrons. The van der Waals surface area contributed by atoms with Crippen molar-refractivity contribution in [2.45, 2.75) is 32.9 Å². The lowest BCUT2D eigenvalue weighted by Crippen LogP contribution is -2.37. The number of benzene rings is 1. The fourth-order valence-corrected chi connectivity index (χ4v) is 3.45. The lowest BCUT2D eigenvalue weighted by atomic mass is 10.0. The molecule has 0 bridgehead atoms. The Morgan fingerprint density at radius 2 is 1.94 bits per heavy atom. The van der Waals surface area contributed by atoms with Crippen molar-refractivity contribution in [3.05, 3.63) is 59.5 Å². The number of rotatable bonds is 7. The maximum absolute atomic E-state index is 13.3. The number of ether oxygens (including phenoxy) is 2. The van der Waals surface area contributed by atoms with Crippen molar-refractivity contribution in [1.82, 2.24) is 19.9 Å². The van der Waals surface area contributed by atoms with E-state index in [1.54, 1.807) is 17.2 Å². The van der Waals surface area contributed by atoms with Gasteiger partial charge in [-0.2, -0.15) is 4.98 Å². The van der Waals surface area contributed by atoms with Gasteiger partial charge in [-0.15, -0.1) is 0 Å². The van der Waals surface area contributed by atoms with Gasteiger partial charge in [0.1, 0.15) is 24.0 Å². The van der Waals surface area contributed by atoms with Crippen LogP contribution in [0.5, 0.6) is 11.5 Å². The summed E-state index contributed by atoms with van der Waals surface area (Å²) in [5.41, 5.74) is 0. The largest absolute Gasteiger partial charge is 0.454 e. The van der Waals surface area contributed by atoms with Gasteiger partial charge in [0.2, 0.25) is 5.95 Å². The Morgan fingerprint density at radius 3 is 2.64 bits per heavy atom. The number of hydrogen-bond acceptors (Lipinski definition) is 8. The Labute approximate surface area is 195 Å². The molecular weight excluding hydrogens is 451 g/mol. The molecule has 0 radical (unpaired) electrons. The predicted molar refractivity (Wildman–Crippen MR) is 120 cm³/mol. The molecule has 1 aliphatic heterocycles. The minimum atomic E-state index is -0.525. The van der Waals surface area contributed by atoms with E-state index < -0.39 is 11.9 Å². The van der Waals surface area contributed by atoms with Crippen LogP contribution in [0.1, 0.15) is 32.6 Å². The quantitative estimate of drug-likeness (QED) is 0.512. The van der Waals surface area contributed by atoms with Crippen LogP contribution in [0.3, 0.4) is 0 Å². The Hall–Kier alpha value is -3.53. The van der Waals surface area contributed by atoms with Crippen LogP contribution >= 0.6 is 11.6 Å². The maximum atomic E-state index is 13.3. The molecule has 1 saturated heterocycles. The van der Waals surface area contributed by atoms with Crippen LogP contribution in [0.15, 0.2) is 42.9 Å². The van der Waals surface area contributed by atoms with Crippen LogP contribution in [-0.2, 0) is 4.74 Å². The van der Waals surface area contributed by atoms with Gasteiger partial charge < -0.3 is 14.8 Å². The van der Waals surface area contributed by atoms with Crippen LogP contribution in [0.25, 0.3) is 0 Å². The van der Waals surface area contributed by atoms with E-state index in [4.69, 9.17) is 21.1 Å². The molecule has 3 aromatic rings. The molecule has 4 rings (SSSR count). The van der Waals surface area contributed by atoms with Crippen LogP contribution in [0.2, 0.25) is 5.02 Å². The van der Waals surface area contributed by atoms with Gasteiger partial charge in [0, 0.05) is 12.3 Å². The SMILES string of the molecule is CC(C)C1COC(=O)N1c1ccnc(N[C@@H](C)c2ncc(Oc3ccc(F)c(Cl)c3)cn2)n1. The van der Waals surface area contributed by atoms with E-state index in [1.807, 2.05) is 20.8 Å². The third-order valence-electron chi connectivity index (χ3n) is 5.07. The molecule has 33 heavy (non-hydrogen) atoms. The van der Waals surface area contributed by atoms with E-state index >= 15 is 0 Å². The van der Waals surface area contributed by atoms with E-state index in [0.29, 0.717) is 35.7 Å². The van der Waals surface area contributed by atoms with Gasteiger partial charge in [-0.1, -0.05) is 25.4 Å². The first-order valence-corrected chi connectivity index (χ1v) is 10.7. The number of anilines is 2. The molecule has 0 aliphatic carbocycles. The molecular formula is C22H22ClFN6O3. The highest BCUT2D eigenvalue weighted by molar-refractivity contribution is 6.30. The molecule has 1 amide bonds. The smallest absolute Gasteiger partial charge is 0.415 e. The van der Waals surface area contributed by atoms with Gasteiger partial charge >= 0.3 is 6.09 Å². The zero-order valence-corrected chi connectivity index (χ0v) is 19.0. The van der Waals surface area contributed by atoms with Gasteiger partial charge in [0.15, 0.2) is 11.6 Å². The van der Waals surface area contributed by atoms with Crippen molar-refractivity contribution >= 4 is 29.5 Å². The van der Waals surface area contributed by atoms with E-state index in [0.717, 1.165) is 0 Å². The van der Waals surface area contributed by atoms with Crippen molar-refractivity contribution in [2.75, 3.05) is 16.8 Å². The van der Waals surface area contributed by atoms with Crippen molar-refractivity contribution in [3.8, 4) is 11.5 Å². The summed E-state index contributed by atoms with van der Waals surface area (Å²) in [7, 11) is 0. The van der Waals surface area contributed by atoms with Crippen molar-refractivity contribution in [2.24, 2.45) is 5.92 Å². The minimum Gasteiger partial charge on any atom is -0.454 e. The number of halogens is 2. The fourth-order valence-electron chi connectivity index (χ4n) is 3.28. The van der Waals surface area contributed by atoms with Gasteiger partial charge in [-0.3, -0.25) is 4.90 Å². The molecule has 9 nitrogen and oxygen atoms in total. The van der Waals surface area contributed by atoms with Crippen molar-refractivity contribution < 1.29 is 18.7 Å². The number of hydrogen-bond donors (Lipinski definition) is 1. The number of nitrogens with zero attached hydrogens (tertiary/aromatic N) is 5. The molecule has 2 aromatic heterocycles. The first-order chi connectivity index (χ1) is 15.8. The van der Waals surface area contributed by atoms with Crippen LogP contribution < -0.4 is 15.0 Å². The highest BCUT2D eigenvalue weighted by Gasteiger charge is 2.37. The molecule has 1 aliphatic rings. The zero-order valence-electron chi connectivity index (χ0n) is 18.2. The van der Waals surface area contributed by atoms with E-state index in [1.165, 1.54) is 30.6 Å². The molecule has 1 unspecified atom stereocenters. The summed E-state index contributed by atoms with van der Waals surface area (Å²) in [4.78, 5) is 31.1. The zero-order chi connectivity index (χ0) is 23.5. The molecule has 0 spiro atoms. The molecule has 3 heterocycles. The first-order valence-electron chi connectivity index (χ1n) is 10.3. The topological polar surface area (TPSA) is 102 Å². The second-order valence-corrected chi connectivity index (χ2v) is 8.22. The van der Waals surface area contributed by atoms with Gasteiger partial charge in [0.25, 0.3) is 0 Å². The summed E-state index contributed by atoms with van der Waals surface area (Å²) in [6, 6.07) is 5.30. The number of cyclic esters (lactones) is 1. The average molecular weight is 473 g/mol. The molecule has 1 aromatic carbocycles. The molecule has 11 heteroatoms. The number of carbonyl (C=O) groups is 1. The van der Waals surface area contributed by atoms with E-state index in [9.17, 15) is 9.18 Å². The molecule has 2 atom stereocenters. The predicted octanol–water partition coefficient (Wildman–Crippen LogP) is 5.01. The first kappa shape index (κ1) is 22.7. The second kappa shape index (κ2) is 9.53. The lowest BCUT2D eigenvalue weighted by Gasteiger charge is -2.23. The lowest BCUT2D eigenvalue weighted by molar-refractivity contribution is 0.177. The monoisotopic (exact) mass is 472 g/mol. The number of aromatic nitrogens is 4. The summed E-state index contributed by atoms with van der Waals surface area (Å²) in [6.45, 7) is 6.23. The van der Waals surface area contributed by atoms with Crippen molar-refractivity contribution in [1.29, 1.82) is 0 Å². The number of carbonyl (C=O) groups excluding carboxylic acids is 1. The Kier molecular flexibility index (Phi) is 6.55. The Balaban J connectivity index is 1.44. The highest BCUT2D eigenvalue weighted by atomic mass is 35.5. The third kappa shape index (κ3) is 5.11. The minimum absolute atomic E-state index is 0.0352. The maximum Gasteiger partial charge on any atom is 0.415 e. The summed E-state index contributed by atoms with van der Waals surface area (Å²) >= 11 is 5.77. The van der Waals surface area contributed by atoms with Gasteiger partial charge in [-0.25, -0.2) is 24.1 Å². The Bertz CT molecular complexity index is 1150. The van der Waals surface area contributed by atoms with E-state index in [2.05, 4.69) is 25.3 Å². The van der Waals surface area contributed by atoms with Crippen LogP contribution in [0.4, 0.5) is 21.0 Å². The summed E-state index contributed by atoms with van der Waals surface area (Å²) in [6.07, 6.45) is 4.16.